The maximum absolute atomic E-state index is 11.8. The summed E-state index contributed by atoms with van der Waals surface area (Å²) < 4.78 is 0.999. The molecule has 1 aromatic rings. The molecule has 0 spiro atoms. The Kier molecular flexibility index (Phi) is 2.81. The van der Waals surface area contributed by atoms with Gasteiger partial charge in [0.1, 0.15) is 0 Å². The SMILES string of the molecule is O=C(c1cc(Br)cs1)C1CCCN1. The predicted octanol–water partition coefficient (Wildman–Crippen LogP) is 2.45. The lowest BCUT2D eigenvalue weighted by molar-refractivity contribution is 0.0956. The molecule has 0 aliphatic carbocycles. The molecule has 1 atom stereocenters. The van der Waals surface area contributed by atoms with Gasteiger partial charge in [-0.2, -0.15) is 0 Å². The zero-order valence-corrected chi connectivity index (χ0v) is 9.45. The summed E-state index contributed by atoms with van der Waals surface area (Å²) in [7, 11) is 0. The summed E-state index contributed by atoms with van der Waals surface area (Å²) in [5.41, 5.74) is 0. The molecule has 0 bridgehead atoms. The van der Waals surface area contributed by atoms with Crippen LogP contribution in [0.4, 0.5) is 0 Å². The van der Waals surface area contributed by atoms with Crippen LogP contribution in [0.1, 0.15) is 22.5 Å². The molecular formula is C9H10BrNOS. The van der Waals surface area contributed by atoms with Crippen molar-refractivity contribution in [2.24, 2.45) is 0 Å². The third-order valence-corrected chi connectivity index (χ3v) is 3.89. The van der Waals surface area contributed by atoms with Crippen molar-refractivity contribution in [2.75, 3.05) is 6.54 Å². The Morgan fingerprint density at radius 1 is 1.69 bits per heavy atom. The van der Waals surface area contributed by atoms with E-state index in [1.807, 2.05) is 11.4 Å². The molecule has 13 heavy (non-hydrogen) atoms. The summed E-state index contributed by atoms with van der Waals surface area (Å²) >= 11 is 4.85. The number of halogens is 1. The minimum Gasteiger partial charge on any atom is -0.307 e. The average molecular weight is 260 g/mol. The van der Waals surface area contributed by atoms with E-state index in [0.29, 0.717) is 0 Å². The van der Waals surface area contributed by atoms with E-state index < -0.39 is 0 Å². The molecule has 0 radical (unpaired) electrons. The number of carbonyl (C=O) groups is 1. The van der Waals surface area contributed by atoms with Crippen LogP contribution in [0, 0.1) is 0 Å². The lowest BCUT2D eigenvalue weighted by Crippen LogP contribution is -2.30. The first-order valence-corrected chi connectivity index (χ1v) is 5.96. The third-order valence-electron chi connectivity index (χ3n) is 2.19. The van der Waals surface area contributed by atoms with Crippen LogP contribution in [0.25, 0.3) is 0 Å². The van der Waals surface area contributed by atoms with Gasteiger partial charge in [0.15, 0.2) is 5.78 Å². The van der Waals surface area contributed by atoms with Crippen LogP contribution in [0.2, 0.25) is 0 Å². The Labute approximate surface area is 89.5 Å². The monoisotopic (exact) mass is 259 g/mol. The van der Waals surface area contributed by atoms with E-state index in [0.717, 1.165) is 28.7 Å². The van der Waals surface area contributed by atoms with Crippen molar-refractivity contribution < 1.29 is 4.79 Å². The van der Waals surface area contributed by atoms with E-state index in [4.69, 9.17) is 0 Å². The second-order valence-electron chi connectivity index (χ2n) is 3.14. The van der Waals surface area contributed by atoms with Gasteiger partial charge < -0.3 is 5.32 Å². The Bertz CT molecular complexity index is 317. The van der Waals surface area contributed by atoms with E-state index >= 15 is 0 Å². The van der Waals surface area contributed by atoms with Gasteiger partial charge in [0.05, 0.1) is 10.9 Å². The average Bonchev–Trinajstić information content (AvgIpc) is 2.72. The maximum atomic E-state index is 11.8. The Morgan fingerprint density at radius 3 is 3.08 bits per heavy atom. The van der Waals surface area contributed by atoms with Gasteiger partial charge in [0.2, 0.25) is 0 Å². The Morgan fingerprint density at radius 2 is 2.54 bits per heavy atom. The molecular weight excluding hydrogens is 250 g/mol. The minimum atomic E-state index is 0.0607. The molecule has 70 valence electrons. The number of carbonyl (C=O) groups excluding carboxylic acids is 1. The number of rotatable bonds is 2. The Hall–Kier alpha value is -0.190. The van der Waals surface area contributed by atoms with E-state index in [-0.39, 0.29) is 11.8 Å². The van der Waals surface area contributed by atoms with Gasteiger partial charge in [-0.05, 0) is 41.4 Å². The predicted molar refractivity (Wildman–Crippen MR) is 57.4 cm³/mol. The van der Waals surface area contributed by atoms with Crippen LogP contribution in [0.3, 0.4) is 0 Å². The smallest absolute Gasteiger partial charge is 0.189 e. The van der Waals surface area contributed by atoms with Crippen LogP contribution in [0.5, 0.6) is 0 Å². The maximum Gasteiger partial charge on any atom is 0.189 e. The van der Waals surface area contributed by atoms with Crippen LogP contribution >= 0.6 is 27.3 Å². The fraction of sp³-hybridized carbons (Fsp3) is 0.444. The van der Waals surface area contributed by atoms with Crippen molar-refractivity contribution in [1.82, 2.24) is 5.32 Å². The number of nitrogens with one attached hydrogen (secondary N) is 1. The second kappa shape index (κ2) is 3.90. The first-order valence-electron chi connectivity index (χ1n) is 4.29. The summed E-state index contributed by atoms with van der Waals surface area (Å²) in [5, 5.41) is 5.15. The fourth-order valence-electron chi connectivity index (χ4n) is 1.52. The summed E-state index contributed by atoms with van der Waals surface area (Å²) in [6, 6.07) is 1.96. The Balaban J connectivity index is 2.12. The van der Waals surface area contributed by atoms with E-state index in [1.54, 1.807) is 0 Å². The van der Waals surface area contributed by atoms with Crippen molar-refractivity contribution in [3.05, 3.63) is 20.8 Å². The fourth-order valence-corrected chi connectivity index (χ4v) is 2.94. The van der Waals surface area contributed by atoms with Gasteiger partial charge in [0.25, 0.3) is 0 Å². The van der Waals surface area contributed by atoms with E-state index in [2.05, 4.69) is 21.2 Å². The highest BCUT2D eigenvalue weighted by Gasteiger charge is 2.23. The lowest BCUT2D eigenvalue weighted by atomic mass is 10.1. The van der Waals surface area contributed by atoms with Crippen molar-refractivity contribution in [3.8, 4) is 0 Å². The largest absolute Gasteiger partial charge is 0.307 e. The molecule has 1 saturated heterocycles. The number of Topliss-reactive ketones (excluding diaryl/α,β-unsaturated/α-hetero) is 1. The summed E-state index contributed by atoms with van der Waals surface area (Å²) in [6.07, 6.45) is 2.09. The molecule has 0 aromatic carbocycles. The quantitative estimate of drug-likeness (QED) is 0.827. The van der Waals surface area contributed by atoms with Gasteiger partial charge >= 0.3 is 0 Å². The van der Waals surface area contributed by atoms with Crippen molar-refractivity contribution >= 4 is 33.0 Å². The number of hydrogen-bond acceptors (Lipinski definition) is 3. The molecule has 2 heterocycles. The second-order valence-corrected chi connectivity index (χ2v) is 4.97. The van der Waals surface area contributed by atoms with Gasteiger partial charge in [-0.1, -0.05) is 0 Å². The molecule has 1 fully saturated rings. The van der Waals surface area contributed by atoms with Crippen molar-refractivity contribution in [1.29, 1.82) is 0 Å². The first-order chi connectivity index (χ1) is 6.27. The molecule has 1 N–H and O–H groups in total. The highest BCUT2D eigenvalue weighted by Crippen LogP contribution is 2.22. The normalized spacial score (nSPS) is 22.1. The van der Waals surface area contributed by atoms with Crippen LogP contribution < -0.4 is 5.32 Å². The highest BCUT2D eigenvalue weighted by atomic mass is 79.9. The number of hydrogen-bond donors (Lipinski definition) is 1. The highest BCUT2D eigenvalue weighted by molar-refractivity contribution is 9.10. The molecule has 1 aromatic heterocycles. The zero-order valence-electron chi connectivity index (χ0n) is 7.05. The lowest BCUT2D eigenvalue weighted by Gasteiger charge is -2.05. The van der Waals surface area contributed by atoms with E-state index in [1.165, 1.54) is 11.3 Å². The molecule has 2 rings (SSSR count). The minimum absolute atomic E-state index is 0.0607. The van der Waals surface area contributed by atoms with Gasteiger partial charge in [0, 0.05) is 9.85 Å². The van der Waals surface area contributed by atoms with Crippen LogP contribution in [-0.4, -0.2) is 18.4 Å². The topological polar surface area (TPSA) is 29.1 Å². The molecule has 1 aliphatic heterocycles. The number of thiophene rings is 1. The van der Waals surface area contributed by atoms with Crippen LogP contribution in [0.15, 0.2) is 15.9 Å². The van der Waals surface area contributed by atoms with Crippen LogP contribution in [-0.2, 0) is 0 Å². The van der Waals surface area contributed by atoms with Gasteiger partial charge in [-0.25, -0.2) is 0 Å². The summed E-state index contributed by atoms with van der Waals surface area (Å²) in [5.74, 6) is 0.244. The number of ketones is 1. The summed E-state index contributed by atoms with van der Waals surface area (Å²) in [6.45, 7) is 0.975. The first kappa shape index (κ1) is 9.37. The third kappa shape index (κ3) is 2.00. The molecule has 2 nitrogen and oxygen atoms in total. The molecule has 1 unspecified atom stereocenters. The summed E-state index contributed by atoms with van der Waals surface area (Å²) in [4.78, 5) is 12.6. The van der Waals surface area contributed by atoms with Crippen molar-refractivity contribution in [3.63, 3.8) is 0 Å². The van der Waals surface area contributed by atoms with E-state index in [9.17, 15) is 4.79 Å². The van der Waals surface area contributed by atoms with Gasteiger partial charge in [-0.15, -0.1) is 11.3 Å². The molecule has 1 aliphatic rings. The molecule has 0 saturated carbocycles. The standard InChI is InChI=1S/C9H10BrNOS/c10-6-4-8(13-5-6)9(12)7-2-1-3-11-7/h4-5,7,11H,1-3H2. The molecule has 4 heteroatoms. The van der Waals surface area contributed by atoms with Gasteiger partial charge in [-0.3, -0.25) is 4.79 Å². The zero-order chi connectivity index (χ0) is 9.26. The van der Waals surface area contributed by atoms with Crippen molar-refractivity contribution in [2.45, 2.75) is 18.9 Å². The molecule has 0 amide bonds.